The number of carbonyl (C=O) groups is 1. The normalized spacial score (nSPS) is 11.0. The number of unbranched alkanes of at least 4 members (excludes halogenated alkanes) is 15. The minimum absolute atomic E-state index is 0.217. The van der Waals surface area contributed by atoms with E-state index in [1.807, 2.05) is 0 Å². The summed E-state index contributed by atoms with van der Waals surface area (Å²) in [5.41, 5.74) is 0.217. The van der Waals surface area contributed by atoms with Crippen molar-refractivity contribution in [3.63, 3.8) is 0 Å². The summed E-state index contributed by atoms with van der Waals surface area (Å²) in [6.45, 7) is 2.86. The Morgan fingerprint density at radius 2 is 1.27 bits per heavy atom. The van der Waals surface area contributed by atoms with E-state index in [0.717, 1.165) is 12.8 Å². The molecule has 0 aromatic heterocycles. The standard InChI is InChI=1S/C25H41FINO2/c1-2-3-4-5-6-7-8-9-10-11-12-13-14-15-16-17-20-28-25(29)23-21-22(26)18-19-24(23)27-30/h18-19,21H,2-17,20H2,1H3,(H,28,29). The van der Waals surface area contributed by atoms with Crippen LogP contribution in [0.2, 0.25) is 0 Å². The van der Waals surface area contributed by atoms with Gasteiger partial charge >= 0.3 is 0 Å². The molecule has 172 valence electrons. The smallest absolute Gasteiger partial charge is 0.252 e. The number of nitrogens with one attached hydrogen (secondary N) is 1. The lowest BCUT2D eigenvalue weighted by Crippen LogP contribution is -2.25. The molecule has 0 aliphatic carbocycles. The molecule has 5 heteroatoms. The fourth-order valence-corrected chi connectivity index (χ4v) is 4.67. The Balaban J connectivity index is 1.89. The maximum absolute atomic E-state index is 13.3. The third-order valence-corrected chi connectivity index (χ3v) is 6.99. The molecule has 1 N–H and O–H groups in total. The summed E-state index contributed by atoms with van der Waals surface area (Å²) in [6.07, 6.45) is 21.1. The van der Waals surface area contributed by atoms with Gasteiger partial charge in [-0.3, -0.25) is 7.86 Å². The van der Waals surface area contributed by atoms with Crippen molar-refractivity contribution in [1.29, 1.82) is 0 Å². The van der Waals surface area contributed by atoms with E-state index in [-0.39, 0.29) is 11.5 Å². The SMILES string of the molecule is CCCCCCCCCCCCCCCCCCNC(=O)c1cc(F)ccc1I=O. The van der Waals surface area contributed by atoms with Gasteiger partial charge in [0, 0.05) is 6.54 Å². The average Bonchev–Trinajstić information content (AvgIpc) is 2.75. The quantitative estimate of drug-likeness (QED) is 0.144. The second-order valence-electron chi connectivity index (χ2n) is 8.26. The van der Waals surface area contributed by atoms with Gasteiger partial charge in [-0.15, -0.1) is 0 Å². The van der Waals surface area contributed by atoms with E-state index < -0.39 is 27.0 Å². The Hall–Kier alpha value is -0.850. The molecular weight excluding hydrogens is 492 g/mol. The summed E-state index contributed by atoms with van der Waals surface area (Å²) in [5.74, 6) is -0.787. The molecule has 0 aliphatic rings. The predicted octanol–water partition coefficient (Wildman–Crippen LogP) is 8.30. The molecule has 30 heavy (non-hydrogen) atoms. The number of amides is 1. The van der Waals surface area contributed by atoms with Crippen molar-refractivity contribution in [1.82, 2.24) is 5.32 Å². The second kappa shape index (κ2) is 18.9. The largest absolute Gasteiger partial charge is 0.352 e. The highest BCUT2D eigenvalue weighted by Crippen LogP contribution is 2.17. The van der Waals surface area contributed by atoms with Crippen molar-refractivity contribution < 1.29 is 12.3 Å². The molecule has 0 atom stereocenters. The monoisotopic (exact) mass is 533 g/mol. The zero-order chi connectivity index (χ0) is 21.9. The lowest BCUT2D eigenvalue weighted by molar-refractivity contribution is 0.0951. The summed E-state index contributed by atoms with van der Waals surface area (Å²) in [4.78, 5) is 12.1. The van der Waals surface area contributed by atoms with Crippen LogP contribution in [0.5, 0.6) is 0 Å². The maximum atomic E-state index is 13.3. The Kier molecular flexibility index (Phi) is 17.1. The summed E-state index contributed by atoms with van der Waals surface area (Å²) in [5, 5.41) is 2.82. The second-order valence-corrected chi connectivity index (χ2v) is 9.86. The first-order chi connectivity index (χ1) is 14.7. The molecule has 0 spiro atoms. The number of hydrogen-bond acceptors (Lipinski definition) is 2. The van der Waals surface area contributed by atoms with Crippen LogP contribution >= 0.6 is 21.2 Å². The number of carbonyl (C=O) groups excluding carboxylic acids is 1. The number of rotatable bonds is 19. The molecule has 1 aromatic rings. The van der Waals surface area contributed by atoms with Crippen molar-refractivity contribution in [2.24, 2.45) is 0 Å². The van der Waals surface area contributed by atoms with Crippen molar-refractivity contribution >= 4 is 27.1 Å². The molecule has 1 rings (SSSR count). The van der Waals surface area contributed by atoms with E-state index in [4.69, 9.17) is 0 Å². The van der Waals surface area contributed by atoms with E-state index >= 15 is 0 Å². The van der Waals surface area contributed by atoms with Crippen LogP contribution in [0.1, 0.15) is 120 Å². The van der Waals surface area contributed by atoms with Crippen molar-refractivity contribution in [3.8, 4) is 0 Å². The van der Waals surface area contributed by atoms with E-state index in [2.05, 4.69) is 12.2 Å². The van der Waals surface area contributed by atoms with Crippen LogP contribution in [0.15, 0.2) is 18.2 Å². The molecule has 3 nitrogen and oxygen atoms in total. The number of halogens is 2. The Morgan fingerprint density at radius 3 is 1.73 bits per heavy atom. The van der Waals surface area contributed by atoms with Gasteiger partial charge in [0.15, 0.2) is 21.2 Å². The topological polar surface area (TPSA) is 46.2 Å². The first-order valence-corrected chi connectivity index (χ1v) is 14.0. The molecule has 1 aromatic carbocycles. The molecule has 0 bridgehead atoms. The van der Waals surface area contributed by atoms with Crippen LogP contribution in [0.4, 0.5) is 4.39 Å². The van der Waals surface area contributed by atoms with E-state index in [9.17, 15) is 12.3 Å². The highest BCUT2D eigenvalue weighted by atomic mass is 127. The van der Waals surface area contributed by atoms with Gasteiger partial charge in [-0.1, -0.05) is 103 Å². The van der Waals surface area contributed by atoms with Crippen molar-refractivity contribution in [2.75, 3.05) is 6.54 Å². The molecule has 0 radical (unpaired) electrons. The van der Waals surface area contributed by atoms with Crippen LogP contribution in [-0.4, -0.2) is 12.5 Å². The van der Waals surface area contributed by atoms with Crippen molar-refractivity contribution in [3.05, 3.63) is 33.1 Å². The van der Waals surface area contributed by atoms with E-state index in [1.54, 1.807) is 0 Å². The third-order valence-electron chi connectivity index (χ3n) is 5.57. The minimum Gasteiger partial charge on any atom is -0.352 e. The highest BCUT2D eigenvalue weighted by Gasteiger charge is 2.12. The van der Waals surface area contributed by atoms with Crippen LogP contribution in [-0.2, 0) is 3.07 Å². The molecule has 0 saturated carbocycles. The fourth-order valence-electron chi connectivity index (χ4n) is 3.71. The van der Waals surface area contributed by atoms with E-state index in [0.29, 0.717) is 10.1 Å². The summed E-state index contributed by atoms with van der Waals surface area (Å²) in [7, 11) is 0. The Bertz CT molecular complexity index is 595. The van der Waals surface area contributed by atoms with Crippen LogP contribution in [0, 0.1) is 9.39 Å². The average molecular weight is 534 g/mol. The fraction of sp³-hybridized carbons (Fsp3) is 0.720. The Morgan fingerprint density at radius 1 is 0.800 bits per heavy atom. The number of hydrogen-bond donors (Lipinski definition) is 1. The summed E-state index contributed by atoms with van der Waals surface area (Å²) < 4.78 is 25.0. The van der Waals surface area contributed by atoms with Gasteiger partial charge in [-0.25, -0.2) is 4.39 Å². The molecular formula is C25H41FINO2. The predicted molar refractivity (Wildman–Crippen MR) is 132 cm³/mol. The highest BCUT2D eigenvalue weighted by molar-refractivity contribution is 14.1. The summed E-state index contributed by atoms with van der Waals surface area (Å²) in [6, 6.07) is 3.87. The van der Waals surface area contributed by atoms with Crippen LogP contribution in [0.3, 0.4) is 0 Å². The zero-order valence-corrected chi connectivity index (χ0v) is 21.0. The van der Waals surface area contributed by atoms with Gasteiger partial charge in [-0.2, -0.15) is 0 Å². The van der Waals surface area contributed by atoms with Crippen LogP contribution < -0.4 is 5.32 Å². The lowest BCUT2D eigenvalue weighted by Gasteiger charge is -2.07. The minimum atomic E-state index is -1.48. The molecule has 1 amide bonds. The number of benzene rings is 1. The van der Waals surface area contributed by atoms with Gasteiger partial charge in [0.05, 0.1) is 9.13 Å². The molecule has 0 aliphatic heterocycles. The third kappa shape index (κ3) is 13.5. The summed E-state index contributed by atoms with van der Waals surface area (Å²) >= 11 is -1.48. The van der Waals surface area contributed by atoms with Gasteiger partial charge in [0.25, 0.3) is 5.91 Å². The maximum Gasteiger partial charge on any atom is 0.252 e. The van der Waals surface area contributed by atoms with Gasteiger partial charge in [0.2, 0.25) is 0 Å². The van der Waals surface area contributed by atoms with Crippen LogP contribution in [0.25, 0.3) is 0 Å². The van der Waals surface area contributed by atoms with Gasteiger partial charge < -0.3 is 5.32 Å². The van der Waals surface area contributed by atoms with Gasteiger partial charge in [-0.05, 0) is 24.6 Å². The molecule has 0 fully saturated rings. The first kappa shape index (κ1) is 27.2. The Labute approximate surface area is 193 Å². The lowest BCUT2D eigenvalue weighted by atomic mass is 10.0. The van der Waals surface area contributed by atoms with Gasteiger partial charge in [0.1, 0.15) is 5.82 Å². The molecule has 0 heterocycles. The zero-order valence-electron chi connectivity index (χ0n) is 18.8. The molecule has 0 unspecified atom stereocenters. The first-order valence-electron chi connectivity index (χ1n) is 12.0. The van der Waals surface area contributed by atoms with Crippen molar-refractivity contribution in [2.45, 2.75) is 110 Å². The molecule has 0 saturated heterocycles. The van der Waals surface area contributed by atoms with E-state index in [1.165, 1.54) is 108 Å².